The van der Waals surface area contributed by atoms with E-state index in [0.29, 0.717) is 5.88 Å². The molecule has 1 aromatic heterocycles. The van der Waals surface area contributed by atoms with Crippen molar-refractivity contribution < 1.29 is 14.1 Å². The van der Waals surface area contributed by atoms with Crippen LogP contribution in [0.4, 0.5) is 0 Å². The molecule has 0 saturated heterocycles. The van der Waals surface area contributed by atoms with Gasteiger partial charge in [0.05, 0.1) is 13.2 Å². The van der Waals surface area contributed by atoms with Gasteiger partial charge >= 0.3 is 0 Å². The minimum Gasteiger partial charge on any atom is -0.479 e. The van der Waals surface area contributed by atoms with Gasteiger partial charge in [0.1, 0.15) is 0 Å². The molecule has 4 bridgehead atoms. The molecule has 0 radical (unpaired) electrons. The first-order chi connectivity index (χ1) is 9.66. The fourth-order valence-electron chi connectivity index (χ4n) is 5.03. The van der Waals surface area contributed by atoms with Gasteiger partial charge in [0.15, 0.2) is 0 Å². The van der Waals surface area contributed by atoms with Crippen LogP contribution >= 0.6 is 0 Å². The first-order valence-corrected chi connectivity index (χ1v) is 7.49. The van der Waals surface area contributed by atoms with E-state index < -0.39 is 0 Å². The van der Waals surface area contributed by atoms with Crippen molar-refractivity contribution in [3.8, 4) is 5.88 Å². The van der Waals surface area contributed by atoms with Crippen LogP contribution in [-0.4, -0.2) is 23.7 Å². The number of nitrogens with one attached hydrogen (secondary N) is 1. The lowest BCUT2D eigenvalue weighted by atomic mass is 9.53. The maximum atomic E-state index is 12.4. The minimum absolute atomic E-state index is 0.00581. The van der Waals surface area contributed by atoms with Crippen LogP contribution in [0.5, 0.6) is 5.88 Å². The molecule has 4 saturated carbocycles. The number of ether oxygens (including phenoxy) is 1. The van der Waals surface area contributed by atoms with Crippen molar-refractivity contribution in [2.45, 2.75) is 44.1 Å². The van der Waals surface area contributed by atoms with Crippen molar-refractivity contribution in [1.29, 1.82) is 0 Å². The van der Waals surface area contributed by atoms with Gasteiger partial charge in [0.25, 0.3) is 11.8 Å². The van der Waals surface area contributed by atoms with Crippen molar-refractivity contribution in [1.82, 2.24) is 10.5 Å². The fourth-order valence-corrected chi connectivity index (χ4v) is 5.03. The Labute approximate surface area is 118 Å². The number of rotatable bonds is 3. The van der Waals surface area contributed by atoms with E-state index in [2.05, 4.69) is 10.5 Å². The Bertz CT molecular complexity index is 502. The standard InChI is InChI=1S/C15H20N2O3/c1-19-13-5-12(20-17-13)14(18)16-15-6-9-2-10(7-15)4-11(3-9)8-15/h5,9-11H,2-4,6-8H2,1H3,(H,16,18). The number of amides is 1. The Morgan fingerprint density at radius 2 is 1.90 bits per heavy atom. The molecule has 5 heteroatoms. The van der Waals surface area contributed by atoms with Crippen molar-refractivity contribution in [2.75, 3.05) is 7.11 Å². The Kier molecular flexibility index (Phi) is 2.59. The first kappa shape index (κ1) is 12.2. The number of hydrogen-bond donors (Lipinski definition) is 1. The van der Waals surface area contributed by atoms with E-state index in [4.69, 9.17) is 9.26 Å². The summed E-state index contributed by atoms with van der Waals surface area (Å²) in [4.78, 5) is 12.4. The zero-order chi connectivity index (χ0) is 13.7. The maximum Gasteiger partial charge on any atom is 0.290 e. The Balaban J connectivity index is 1.52. The molecular formula is C15H20N2O3. The summed E-state index contributed by atoms with van der Waals surface area (Å²) in [5, 5.41) is 6.94. The Morgan fingerprint density at radius 1 is 1.30 bits per heavy atom. The third-order valence-corrected chi connectivity index (χ3v) is 5.34. The van der Waals surface area contributed by atoms with Crippen molar-refractivity contribution in [3.05, 3.63) is 11.8 Å². The molecule has 0 atom stereocenters. The number of hydrogen-bond acceptors (Lipinski definition) is 4. The molecule has 0 unspecified atom stereocenters. The molecule has 5 rings (SSSR count). The molecule has 0 spiro atoms. The van der Waals surface area contributed by atoms with Gasteiger partial charge in [-0.3, -0.25) is 4.79 Å². The highest BCUT2D eigenvalue weighted by Crippen LogP contribution is 2.55. The summed E-state index contributed by atoms with van der Waals surface area (Å²) in [5.41, 5.74) is 0.00581. The molecule has 108 valence electrons. The van der Waals surface area contributed by atoms with Crippen molar-refractivity contribution in [3.63, 3.8) is 0 Å². The summed E-state index contributed by atoms with van der Waals surface area (Å²) < 4.78 is 10.00. The lowest BCUT2D eigenvalue weighted by molar-refractivity contribution is -0.0172. The minimum atomic E-state index is -0.150. The highest BCUT2D eigenvalue weighted by Gasteiger charge is 2.51. The van der Waals surface area contributed by atoms with Crippen LogP contribution in [0.3, 0.4) is 0 Å². The van der Waals surface area contributed by atoms with Gasteiger partial charge in [-0.25, -0.2) is 0 Å². The topological polar surface area (TPSA) is 64.4 Å². The highest BCUT2D eigenvalue weighted by molar-refractivity contribution is 5.92. The van der Waals surface area contributed by atoms with Gasteiger partial charge < -0.3 is 14.6 Å². The zero-order valence-electron chi connectivity index (χ0n) is 11.7. The lowest BCUT2D eigenvalue weighted by Gasteiger charge is -2.56. The van der Waals surface area contributed by atoms with Gasteiger partial charge in [0.2, 0.25) is 5.76 Å². The molecule has 1 aromatic rings. The monoisotopic (exact) mass is 276 g/mol. The number of methoxy groups -OCH3 is 1. The summed E-state index contributed by atoms with van der Waals surface area (Å²) in [6.07, 6.45) is 7.50. The molecule has 5 nitrogen and oxygen atoms in total. The second-order valence-corrected chi connectivity index (χ2v) is 6.89. The molecule has 0 aliphatic heterocycles. The van der Waals surface area contributed by atoms with Crippen LogP contribution in [0.25, 0.3) is 0 Å². The van der Waals surface area contributed by atoms with E-state index in [-0.39, 0.29) is 17.2 Å². The summed E-state index contributed by atoms with van der Waals surface area (Å²) >= 11 is 0. The predicted octanol–water partition coefficient (Wildman–Crippen LogP) is 2.38. The van der Waals surface area contributed by atoms with Gasteiger partial charge in [-0.05, 0) is 61.4 Å². The van der Waals surface area contributed by atoms with Crippen molar-refractivity contribution in [2.24, 2.45) is 17.8 Å². The SMILES string of the molecule is COc1cc(C(=O)NC23CC4CC(CC(C4)C2)C3)on1. The van der Waals surface area contributed by atoms with Crippen LogP contribution in [-0.2, 0) is 0 Å². The van der Waals surface area contributed by atoms with Gasteiger partial charge in [-0.15, -0.1) is 0 Å². The van der Waals surface area contributed by atoms with Crippen LogP contribution < -0.4 is 10.1 Å². The molecule has 4 fully saturated rings. The third kappa shape index (κ3) is 1.91. The van der Waals surface area contributed by atoms with Crippen LogP contribution in [0.2, 0.25) is 0 Å². The summed E-state index contributed by atoms with van der Waals surface area (Å²) in [5.74, 6) is 2.88. The summed E-state index contributed by atoms with van der Waals surface area (Å²) in [7, 11) is 1.51. The molecular weight excluding hydrogens is 256 g/mol. The quantitative estimate of drug-likeness (QED) is 0.920. The molecule has 4 aliphatic rings. The van der Waals surface area contributed by atoms with Gasteiger partial charge in [-0.2, -0.15) is 0 Å². The van der Waals surface area contributed by atoms with E-state index in [0.717, 1.165) is 37.0 Å². The highest BCUT2D eigenvalue weighted by atomic mass is 16.5. The lowest BCUT2D eigenvalue weighted by Crippen LogP contribution is -2.59. The van der Waals surface area contributed by atoms with E-state index in [9.17, 15) is 4.79 Å². The molecule has 0 aromatic carbocycles. The smallest absolute Gasteiger partial charge is 0.290 e. The molecule has 20 heavy (non-hydrogen) atoms. The average molecular weight is 276 g/mol. The van der Waals surface area contributed by atoms with Crippen LogP contribution in [0.15, 0.2) is 10.6 Å². The summed E-state index contributed by atoms with van der Waals surface area (Å²) in [6, 6.07) is 1.55. The van der Waals surface area contributed by atoms with E-state index >= 15 is 0 Å². The second-order valence-electron chi connectivity index (χ2n) is 6.89. The number of carbonyl (C=O) groups is 1. The third-order valence-electron chi connectivity index (χ3n) is 5.34. The van der Waals surface area contributed by atoms with Crippen LogP contribution in [0.1, 0.15) is 49.1 Å². The second kappa shape index (κ2) is 4.24. The van der Waals surface area contributed by atoms with E-state index in [1.54, 1.807) is 6.07 Å². The fraction of sp³-hybridized carbons (Fsp3) is 0.733. The normalized spacial score (nSPS) is 38.0. The first-order valence-electron chi connectivity index (χ1n) is 7.49. The molecule has 4 aliphatic carbocycles. The molecule has 1 amide bonds. The number of carbonyl (C=O) groups excluding carboxylic acids is 1. The summed E-state index contributed by atoms with van der Waals surface area (Å²) in [6.45, 7) is 0. The van der Waals surface area contributed by atoms with E-state index in [1.165, 1.54) is 26.4 Å². The Hall–Kier alpha value is -1.52. The number of nitrogens with zero attached hydrogens (tertiary/aromatic N) is 1. The van der Waals surface area contributed by atoms with Crippen LogP contribution in [0, 0.1) is 17.8 Å². The zero-order valence-corrected chi connectivity index (χ0v) is 11.7. The van der Waals surface area contributed by atoms with E-state index in [1.807, 2.05) is 0 Å². The number of aromatic nitrogens is 1. The molecule has 1 N–H and O–H groups in total. The molecule has 1 heterocycles. The van der Waals surface area contributed by atoms with Gasteiger partial charge in [0, 0.05) is 5.54 Å². The Morgan fingerprint density at radius 3 is 2.40 bits per heavy atom. The van der Waals surface area contributed by atoms with Gasteiger partial charge in [-0.1, -0.05) is 0 Å². The van der Waals surface area contributed by atoms with Crippen molar-refractivity contribution >= 4 is 5.91 Å². The largest absolute Gasteiger partial charge is 0.479 e. The predicted molar refractivity (Wildman–Crippen MR) is 71.4 cm³/mol. The average Bonchev–Trinajstić information content (AvgIpc) is 2.85. The maximum absolute atomic E-state index is 12.4.